The number of carboxylic acid groups (broad SMARTS) is 1. The second-order valence-corrected chi connectivity index (χ2v) is 14.5. The monoisotopic (exact) mass is 715 g/mol. The summed E-state index contributed by atoms with van der Waals surface area (Å²) >= 11 is 2.81. The third-order valence-corrected chi connectivity index (χ3v) is 11.1. The van der Waals surface area contributed by atoms with Gasteiger partial charge >= 0.3 is 5.97 Å². The molecule has 0 radical (unpaired) electrons. The van der Waals surface area contributed by atoms with E-state index in [-0.39, 0.29) is 31.2 Å². The lowest BCUT2D eigenvalue weighted by molar-refractivity contribution is -0.145. The van der Waals surface area contributed by atoms with Gasteiger partial charge in [0.15, 0.2) is 0 Å². The van der Waals surface area contributed by atoms with Gasteiger partial charge < -0.3 is 25.4 Å². The predicted octanol–water partition coefficient (Wildman–Crippen LogP) is 4.56. The van der Waals surface area contributed by atoms with E-state index in [1.165, 1.54) is 32.4 Å². The molecule has 3 aliphatic rings. The molecule has 7 rings (SSSR count). The van der Waals surface area contributed by atoms with Crippen LogP contribution in [0.5, 0.6) is 5.75 Å². The van der Waals surface area contributed by atoms with Crippen LogP contribution in [0, 0.1) is 5.92 Å². The summed E-state index contributed by atoms with van der Waals surface area (Å²) in [6.07, 6.45) is 9.49. The fourth-order valence-electron chi connectivity index (χ4n) is 6.79. The van der Waals surface area contributed by atoms with Crippen molar-refractivity contribution in [3.05, 3.63) is 70.4 Å². The number of nitrogens with zero attached hydrogens (tertiary/aromatic N) is 5. The second kappa shape index (κ2) is 14.2. The van der Waals surface area contributed by atoms with Gasteiger partial charge in [0.1, 0.15) is 39.8 Å². The smallest absolute Gasteiger partial charge is 0.330 e. The standard InChI is InChI=1S/C35H37N7O6S2/c1-48-25-11-9-21(10-12-25)28-29(32-36-14-16-50-32)40-42(39-28)24-17-27-31(44)38-35(34(46)47)18-23(35)7-5-3-2-4-6-8-26(33(45)41(27)19-24)37-30(43)22-13-15-49-20-22/h5,7,9-16,20,23-24,26-27H,2-4,6,8,17-19H2,1H3,(H,37,43)(H,38,44)(H,46,47)/b7-5-/t23?,24-,26?,27?,35?/m1/s1. The molecule has 3 N–H and O–H groups in total. The molecule has 15 heteroatoms. The van der Waals surface area contributed by atoms with Gasteiger partial charge in [-0.3, -0.25) is 14.4 Å². The van der Waals surface area contributed by atoms with E-state index in [1.54, 1.807) is 30.1 Å². The molecule has 3 aromatic heterocycles. The van der Waals surface area contributed by atoms with Crippen molar-refractivity contribution in [1.29, 1.82) is 0 Å². The Bertz CT molecular complexity index is 1890. The topological polar surface area (TPSA) is 169 Å². The Labute approximate surface area is 296 Å². The van der Waals surface area contributed by atoms with Crippen LogP contribution in [0.1, 0.15) is 61.3 Å². The second-order valence-electron chi connectivity index (χ2n) is 12.9. The normalized spacial score (nSPS) is 26.1. The fraction of sp³-hybridized carbons (Fsp3) is 0.400. The van der Waals surface area contributed by atoms with Crippen LogP contribution in [-0.2, 0) is 14.4 Å². The molecule has 50 heavy (non-hydrogen) atoms. The molecule has 5 heterocycles. The Morgan fingerprint density at radius 3 is 2.62 bits per heavy atom. The van der Waals surface area contributed by atoms with Crippen LogP contribution in [0.2, 0.25) is 0 Å². The molecule has 1 aromatic carbocycles. The Kier molecular flexibility index (Phi) is 9.51. The predicted molar refractivity (Wildman–Crippen MR) is 187 cm³/mol. The van der Waals surface area contributed by atoms with Crippen molar-refractivity contribution in [2.24, 2.45) is 5.92 Å². The van der Waals surface area contributed by atoms with Crippen LogP contribution in [0.15, 0.2) is 64.8 Å². The zero-order valence-corrected chi connectivity index (χ0v) is 29.0. The van der Waals surface area contributed by atoms with Crippen molar-refractivity contribution in [3.63, 3.8) is 0 Å². The SMILES string of the molecule is COc1ccc(-c2nn([C@@H]3CC4C(=O)NC5(C(=O)O)CC5/C=C\CCCCCC(NC(=O)c5ccsc5)C(=O)N4C3)nc2-c2nccs2)cc1. The van der Waals surface area contributed by atoms with E-state index in [2.05, 4.69) is 15.6 Å². The molecule has 5 atom stereocenters. The summed E-state index contributed by atoms with van der Waals surface area (Å²) in [4.78, 5) is 61.8. The number of ether oxygens (including phenoxy) is 1. The Morgan fingerprint density at radius 1 is 1.08 bits per heavy atom. The van der Waals surface area contributed by atoms with Crippen molar-refractivity contribution in [1.82, 2.24) is 35.5 Å². The van der Waals surface area contributed by atoms with E-state index in [1.807, 2.05) is 41.8 Å². The molecule has 260 valence electrons. The summed E-state index contributed by atoms with van der Waals surface area (Å²) < 4.78 is 5.34. The number of thiazole rings is 1. The first kappa shape index (κ1) is 33.6. The van der Waals surface area contributed by atoms with E-state index in [0.29, 0.717) is 40.6 Å². The highest BCUT2D eigenvalue weighted by atomic mass is 32.1. The molecule has 4 aromatic rings. The van der Waals surface area contributed by atoms with Gasteiger partial charge in [-0.25, -0.2) is 9.78 Å². The number of benzene rings is 1. The third kappa shape index (κ3) is 6.66. The number of fused-ring (bicyclic) bond motifs is 2. The van der Waals surface area contributed by atoms with Gasteiger partial charge in [0.25, 0.3) is 5.91 Å². The number of carbonyl (C=O) groups is 4. The molecule has 1 saturated heterocycles. The minimum Gasteiger partial charge on any atom is -0.497 e. The summed E-state index contributed by atoms with van der Waals surface area (Å²) in [6, 6.07) is 6.70. The van der Waals surface area contributed by atoms with Crippen LogP contribution < -0.4 is 15.4 Å². The van der Waals surface area contributed by atoms with Gasteiger partial charge in [0, 0.05) is 41.4 Å². The number of allylic oxidation sites excluding steroid dienone is 1. The third-order valence-electron chi connectivity index (χ3n) is 9.68. The lowest BCUT2D eigenvalue weighted by Crippen LogP contribution is -2.56. The number of amides is 3. The van der Waals surface area contributed by atoms with E-state index in [0.717, 1.165) is 24.8 Å². The number of methoxy groups -OCH3 is 1. The van der Waals surface area contributed by atoms with Crippen molar-refractivity contribution in [2.45, 2.75) is 68.6 Å². The highest BCUT2D eigenvalue weighted by molar-refractivity contribution is 7.13. The molecule has 13 nitrogen and oxygen atoms in total. The zero-order valence-electron chi connectivity index (χ0n) is 27.4. The van der Waals surface area contributed by atoms with Crippen molar-refractivity contribution in [3.8, 4) is 27.7 Å². The minimum atomic E-state index is -1.43. The number of nitrogens with one attached hydrogen (secondary N) is 2. The van der Waals surface area contributed by atoms with E-state index in [4.69, 9.17) is 14.9 Å². The van der Waals surface area contributed by atoms with Gasteiger partial charge in [0.05, 0.1) is 18.7 Å². The molecule has 1 saturated carbocycles. The zero-order chi connectivity index (χ0) is 34.8. The van der Waals surface area contributed by atoms with Gasteiger partial charge in [-0.15, -0.1) is 16.4 Å². The highest BCUT2D eigenvalue weighted by Gasteiger charge is 2.61. The maximum atomic E-state index is 14.5. The number of carbonyl (C=O) groups excluding carboxylic acids is 3. The first-order valence-corrected chi connectivity index (χ1v) is 18.5. The first-order valence-electron chi connectivity index (χ1n) is 16.6. The van der Waals surface area contributed by atoms with Crippen LogP contribution in [-0.4, -0.2) is 85.0 Å². The van der Waals surface area contributed by atoms with Crippen LogP contribution in [0.25, 0.3) is 22.0 Å². The summed E-state index contributed by atoms with van der Waals surface area (Å²) in [6.45, 7) is 0.0825. The summed E-state index contributed by atoms with van der Waals surface area (Å²) in [5.41, 5.74) is 0.958. The van der Waals surface area contributed by atoms with Crippen LogP contribution in [0.3, 0.4) is 0 Å². The maximum absolute atomic E-state index is 14.5. The lowest BCUT2D eigenvalue weighted by atomic mass is 10.0. The average molecular weight is 716 g/mol. The van der Waals surface area contributed by atoms with Crippen molar-refractivity contribution < 1.29 is 29.0 Å². The molecule has 2 fully saturated rings. The molecule has 0 bridgehead atoms. The molecule has 2 aliphatic heterocycles. The summed E-state index contributed by atoms with van der Waals surface area (Å²) in [5.74, 6) is -2.07. The summed E-state index contributed by atoms with van der Waals surface area (Å²) in [5, 5.41) is 31.7. The van der Waals surface area contributed by atoms with Gasteiger partial charge in [0.2, 0.25) is 11.8 Å². The molecular weight excluding hydrogens is 679 g/mol. The maximum Gasteiger partial charge on any atom is 0.330 e. The fourth-order valence-corrected chi connectivity index (χ4v) is 8.05. The van der Waals surface area contributed by atoms with Crippen LogP contribution in [0.4, 0.5) is 0 Å². The molecular formula is C35H37N7O6S2. The van der Waals surface area contributed by atoms with Crippen molar-refractivity contribution in [2.75, 3.05) is 13.7 Å². The number of thiophene rings is 1. The largest absolute Gasteiger partial charge is 0.497 e. The number of carboxylic acids is 1. The number of rotatable bonds is 7. The minimum absolute atomic E-state index is 0.0825. The Morgan fingerprint density at radius 2 is 1.90 bits per heavy atom. The Balaban J connectivity index is 1.24. The average Bonchev–Trinajstić information content (AvgIpc) is 3.77. The Hall–Kier alpha value is -4.89. The molecule has 3 amide bonds. The number of hydrogen-bond acceptors (Lipinski definition) is 10. The van der Waals surface area contributed by atoms with E-state index in [9.17, 15) is 24.3 Å². The highest BCUT2D eigenvalue weighted by Crippen LogP contribution is 2.46. The molecule has 1 aliphatic carbocycles. The van der Waals surface area contributed by atoms with E-state index < -0.39 is 41.4 Å². The van der Waals surface area contributed by atoms with Gasteiger partial charge in [-0.1, -0.05) is 25.0 Å². The number of hydrogen-bond donors (Lipinski definition) is 3. The first-order chi connectivity index (χ1) is 24.3. The molecule has 4 unspecified atom stereocenters. The number of aromatic nitrogens is 4. The van der Waals surface area contributed by atoms with Gasteiger partial charge in [-0.05, 0) is 61.4 Å². The quantitative estimate of drug-likeness (QED) is 0.232. The molecule has 0 spiro atoms. The summed E-state index contributed by atoms with van der Waals surface area (Å²) in [7, 11) is 1.59. The van der Waals surface area contributed by atoms with Gasteiger partial charge in [-0.2, -0.15) is 21.2 Å². The van der Waals surface area contributed by atoms with E-state index >= 15 is 0 Å². The van der Waals surface area contributed by atoms with Crippen LogP contribution >= 0.6 is 22.7 Å². The van der Waals surface area contributed by atoms with Crippen molar-refractivity contribution >= 4 is 46.4 Å². The number of aliphatic carboxylic acids is 1. The lowest BCUT2D eigenvalue weighted by Gasteiger charge is -2.29.